The molecule has 1 aliphatic heterocycles. The van der Waals surface area contributed by atoms with Gasteiger partial charge in [0.25, 0.3) is 15.9 Å². The van der Waals surface area contributed by atoms with Gasteiger partial charge in [0.1, 0.15) is 6.10 Å². The second-order valence-corrected chi connectivity index (χ2v) is 7.59. The van der Waals surface area contributed by atoms with Crippen LogP contribution in [0.3, 0.4) is 0 Å². The molecule has 1 aliphatic carbocycles. The van der Waals surface area contributed by atoms with E-state index in [1.54, 1.807) is 0 Å². The molecular formula is C13H17N5O4S. The lowest BCUT2D eigenvalue weighted by molar-refractivity contribution is 0.0290. The molecule has 2 aromatic rings. The van der Waals surface area contributed by atoms with Crippen molar-refractivity contribution >= 4 is 10.0 Å². The van der Waals surface area contributed by atoms with E-state index < -0.39 is 10.0 Å². The summed E-state index contributed by atoms with van der Waals surface area (Å²) in [7, 11) is -3.58. The molecule has 124 valence electrons. The van der Waals surface area contributed by atoms with Crippen molar-refractivity contribution in [1.29, 1.82) is 0 Å². The van der Waals surface area contributed by atoms with Gasteiger partial charge in [-0.15, -0.1) is 0 Å². The van der Waals surface area contributed by atoms with Crippen molar-refractivity contribution in [2.24, 2.45) is 0 Å². The molecule has 9 nitrogen and oxygen atoms in total. The van der Waals surface area contributed by atoms with Crippen LogP contribution >= 0.6 is 0 Å². The molecule has 2 atom stereocenters. The van der Waals surface area contributed by atoms with Gasteiger partial charge in [-0.1, -0.05) is 5.16 Å². The van der Waals surface area contributed by atoms with E-state index in [0.717, 1.165) is 31.5 Å². The van der Waals surface area contributed by atoms with Gasteiger partial charge in [0.15, 0.2) is 10.9 Å². The molecule has 2 aliphatic rings. The zero-order valence-electron chi connectivity index (χ0n) is 12.3. The predicted molar refractivity (Wildman–Crippen MR) is 76.9 cm³/mol. The number of hydrogen-bond acceptors (Lipinski definition) is 7. The Morgan fingerprint density at radius 2 is 2.17 bits per heavy atom. The lowest BCUT2D eigenvalue weighted by Crippen LogP contribution is -2.32. The van der Waals surface area contributed by atoms with Crippen molar-refractivity contribution in [3.63, 3.8) is 0 Å². The highest BCUT2D eigenvalue weighted by molar-refractivity contribution is 7.89. The summed E-state index contributed by atoms with van der Waals surface area (Å²) in [5, 5.41) is 4.02. The van der Waals surface area contributed by atoms with Crippen LogP contribution in [0.1, 0.15) is 49.4 Å². The molecule has 3 heterocycles. The standard InChI is InChI=1S/C13H17N5O4S/c19-23(20,11-6-14-7-15-11)16-5-9-3-4-10(21-9)13-17-12(18-22-13)8-1-2-8/h6-10,16H,1-5H2,(H,14,15)/t9-,10+/m1/s1. The summed E-state index contributed by atoms with van der Waals surface area (Å²) in [4.78, 5) is 10.7. The molecule has 2 fully saturated rings. The maximum absolute atomic E-state index is 12.0. The van der Waals surface area contributed by atoms with E-state index in [0.29, 0.717) is 11.8 Å². The van der Waals surface area contributed by atoms with E-state index in [1.807, 2.05) is 0 Å². The number of imidazole rings is 1. The van der Waals surface area contributed by atoms with Crippen LogP contribution in [0, 0.1) is 0 Å². The monoisotopic (exact) mass is 339 g/mol. The van der Waals surface area contributed by atoms with Gasteiger partial charge in [-0.25, -0.2) is 18.1 Å². The van der Waals surface area contributed by atoms with Crippen molar-refractivity contribution in [1.82, 2.24) is 24.8 Å². The summed E-state index contributed by atoms with van der Waals surface area (Å²) in [6, 6.07) is 0. The van der Waals surface area contributed by atoms with Gasteiger partial charge in [-0.05, 0) is 25.7 Å². The van der Waals surface area contributed by atoms with Crippen LogP contribution in [0.5, 0.6) is 0 Å². The fourth-order valence-corrected chi connectivity index (χ4v) is 3.56. The Bertz CT molecular complexity index is 768. The van der Waals surface area contributed by atoms with Crippen LogP contribution in [-0.2, 0) is 14.8 Å². The van der Waals surface area contributed by atoms with Gasteiger partial charge < -0.3 is 14.2 Å². The van der Waals surface area contributed by atoms with E-state index in [2.05, 4.69) is 24.8 Å². The second-order valence-electron chi connectivity index (χ2n) is 5.86. The average molecular weight is 339 g/mol. The first-order valence-electron chi connectivity index (χ1n) is 7.59. The number of rotatable bonds is 6. The molecular weight excluding hydrogens is 322 g/mol. The number of aromatic amines is 1. The third-order valence-corrected chi connectivity index (χ3v) is 5.40. The Labute approximate surface area is 132 Å². The minimum atomic E-state index is -3.58. The molecule has 23 heavy (non-hydrogen) atoms. The molecule has 1 saturated carbocycles. The molecule has 10 heteroatoms. The van der Waals surface area contributed by atoms with E-state index in [1.165, 1.54) is 12.5 Å². The van der Waals surface area contributed by atoms with Gasteiger partial charge in [0.05, 0.1) is 18.6 Å². The van der Waals surface area contributed by atoms with Crippen LogP contribution in [0.25, 0.3) is 0 Å². The summed E-state index contributed by atoms with van der Waals surface area (Å²) in [6.45, 7) is 0.196. The Morgan fingerprint density at radius 1 is 1.30 bits per heavy atom. The minimum absolute atomic E-state index is 0.0398. The van der Waals surface area contributed by atoms with E-state index in [4.69, 9.17) is 9.26 Å². The smallest absolute Gasteiger partial charge is 0.257 e. The molecule has 2 aromatic heterocycles. The number of H-pyrrole nitrogens is 1. The van der Waals surface area contributed by atoms with Crippen LogP contribution in [0.2, 0.25) is 0 Å². The summed E-state index contributed by atoms with van der Waals surface area (Å²) in [5.41, 5.74) is 0. The number of sulfonamides is 1. The average Bonchev–Trinajstić information content (AvgIpc) is 3.04. The summed E-state index contributed by atoms with van der Waals surface area (Å²) >= 11 is 0. The SMILES string of the molecule is O=S(=O)(NC[C@H]1CC[C@@H](c2nc(C3CC3)no2)O1)c1cnc[nH]1. The maximum Gasteiger partial charge on any atom is 0.257 e. The fourth-order valence-electron chi connectivity index (χ4n) is 2.59. The molecule has 0 spiro atoms. The van der Waals surface area contributed by atoms with Crippen LogP contribution in [0.4, 0.5) is 0 Å². The van der Waals surface area contributed by atoms with Gasteiger partial charge >= 0.3 is 0 Å². The second kappa shape index (κ2) is 5.69. The molecule has 0 unspecified atom stereocenters. The summed E-state index contributed by atoms with van der Waals surface area (Å²) in [5.74, 6) is 1.68. The first kappa shape index (κ1) is 14.8. The lowest BCUT2D eigenvalue weighted by Gasteiger charge is -2.12. The Kier molecular flexibility index (Phi) is 3.66. The quantitative estimate of drug-likeness (QED) is 0.800. The van der Waals surface area contributed by atoms with Crippen molar-refractivity contribution in [3.8, 4) is 0 Å². The number of hydrogen-bond donors (Lipinski definition) is 2. The highest BCUT2D eigenvalue weighted by Gasteiger charge is 2.34. The zero-order valence-corrected chi connectivity index (χ0v) is 13.1. The molecule has 0 radical (unpaired) electrons. The minimum Gasteiger partial charge on any atom is -0.364 e. The highest BCUT2D eigenvalue weighted by atomic mass is 32.2. The molecule has 1 saturated heterocycles. The predicted octanol–water partition coefficient (Wildman–Crippen LogP) is 0.869. The largest absolute Gasteiger partial charge is 0.364 e. The van der Waals surface area contributed by atoms with Crippen LogP contribution < -0.4 is 4.72 Å². The third-order valence-electron chi connectivity index (χ3n) is 4.05. The summed E-state index contributed by atoms with van der Waals surface area (Å²) < 4.78 is 37.6. The maximum atomic E-state index is 12.0. The number of nitrogens with zero attached hydrogens (tertiary/aromatic N) is 3. The molecule has 0 amide bonds. The fraction of sp³-hybridized carbons (Fsp3) is 0.615. The summed E-state index contributed by atoms with van der Waals surface area (Å²) in [6.07, 6.45) is 5.82. The van der Waals surface area contributed by atoms with E-state index >= 15 is 0 Å². The van der Waals surface area contributed by atoms with Crippen LogP contribution in [0.15, 0.2) is 22.1 Å². The van der Waals surface area contributed by atoms with Crippen molar-refractivity contribution in [2.45, 2.75) is 48.8 Å². The molecule has 0 bridgehead atoms. The van der Waals surface area contributed by atoms with E-state index in [9.17, 15) is 8.42 Å². The lowest BCUT2D eigenvalue weighted by atomic mass is 10.2. The topological polar surface area (TPSA) is 123 Å². The zero-order chi connectivity index (χ0) is 15.9. The Balaban J connectivity index is 1.33. The van der Waals surface area contributed by atoms with Gasteiger partial charge in [-0.2, -0.15) is 4.98 Å². The van der Waals surface area contributed by atoms with E-state index in [-0.39, 0.29) is 23.8 Å². The first-order chi connectivity index (χ1) is 11.1. The molecule has 2 N–H and O–H groups in total. The molecule has 0 aromatic carbocycles. The molecule has 4 rings (SSSR count). The van der Waals surface area contributed by atoms with Crippen LogP contribution in [-0.4, -0.2) is 41.2 Å². The van der Waals surface area contributed by atoms with Gasteiger partial charge in [0, 0.05) is 12.5 Å². The number of nitrogens with one attached hydrogen (secondary N) is 2. The highest BCUT2D eigenvalue weighted by Crippen LogP contribution is 2.39. The third kappa shape index (κ3) is 3.14. The first-order valence-corrected chi connectivity index (χ1v) is 9.07. The Hall–Kier alpha value is -1.78. The van der Waals surface area contributed by atoms with Gasteiger partial charge in [0.2, 0.25) is 0 Å². The van der Waals surface area contributed by atoms with Crippen molar-refractivity contribution < 1.29 is 17.7 Å². The normalized spacial score (nSPS) is 25.0. The van der Waals surface area contributed by atoms with Crippen molar-refractivity contribution in [2.75, 3.05) is 6.54 Å². The number of aromatic nitrogens is 4. The van der Waals surface area contributed by atoms with Gasteiger partial charge in [-0.3, -0.25) is 0 Å². The van der Waals surface area contributed by atoms with Crippen molar-refractivity contribution in [3.05, 3.63) is 24.2 Å². The Morgan fingerprint density at radius 3 is 2.91 bits per heavy atom. The number of ether oxygens (including phenoxy) is 1.